The second kappa shape index (κ2) is 4.92. The van der Waals surface area contributed by atoms with Gasteiger partial charge < -0.3 is 9.80 Å². The lowest BCUT2D eigenvalue weighted by molar-refractivity contribution is 0.0804. The summed E-state index contributed by atoms with van der Waals surface area (Å²) in [5.41, 5.74) is 1.51. The van der Waals surface area contributed by atoms with Crippen molar-refractivity contribution in [3.63, 3.8) is 0 Å². The van der Waals surface area contributed by atoms with Gasteiger partial charge in [-0.3, -0.25) is 4.79 Å². The van der Waals surface area contributed by atoms with E-state index in [1.54, 1.807) is 18.1 Å². The van der Waals surface area contributed by atoms with E-state index in [0.717, 1.165) is 12.1 Å². The van der Waals surface area contributed by atoms with Gasteiger partial charge in [-0.05, 0) is 0 Å². The Bertz CT molecular complexity index is 642. The van der Waals surface area contributed by atoms with Crippen molar-refractivity contribution in [3.05, 3.63) is 42.1 Å². The van der Waals surface area contributed by atoms with Crippen LogP contribution >= 0.6 is 0 Å². The fraction of sp³-hybridized carbons (Fsp3) is 0.267. The van der Waals surface area contributed by atoms with Crippen LogP contribution in [0.1, 0.15) is 10.4 Å². The molecule has 1 aromatic heterocycles. The van der Waals surface area contributed by atoms with Crippen molar-refractivity contribution in [2.45, 2.75) is 0 Å². The predicted octanol–water partition coefficient (Wildman–Crippen LogP) is 1.67. The predicted molar refractivity (Wildman–Crippen MR) is 77.7 cm³/mol. The first-order chi connectivity index (χ1) is 9.66. The highest BCUT2D eigenvalue weighted by molar-refractivity contribution is 5.99. The molecule has 0 saturated heterocycles. The summed E-state index contributed by atoms with van der Waals surface area (Å²) in [6.45, 7) is 1.45. The van der Waals surface area contributed by atoms with Gasteiger partial charge in [0.2, 0.25) is 0 Å². The maximum absolute atomic E-state index is 12.2. The Labute approximate surface area is 117 Å². The Morgan fingerprint density at radius 1 is 1.05 bits per heavy atom. The number of benzene rings is 1. The molecule has 5 nitrogen and oxygen atoms in total. The Morgan fingerprint density at radius 2 is 1.75 bits per heavy atom. The van der Waals surface area contributed by atoms with Crippen LogP contribution in [0, 0.1) is 0 Å². The van der Waals surface area contributed by atoms with E-state index in [9.17, 15) is 4.79 Å². The molecule has 0 aliphatic carbocycles. The molecule has 0 spiro atoms. The second-order valence-electron chi connectivity index (χ2n) is 4.95. The summed E-state index contributed by atoms with van der Waals surface area (Å²) < 4.78 is 0. The van der Waals surface area contributed by atoms with Crippen molar-refractivity contribution in [2.24, 2.45) is 0 Å². The van der Waals surface area contributed by atoms with Gasteiger partial charge in [0.15, 0.2) is 5.82 Å². The number of likely N-dealkylation sites (N-methyl/N-ethyl adjacent to an activating group) is 2. The Balaban J connectivity index is 2.10. The van der Waals surface area contributed by atoms with E-state index in [1.165, 1.54) is 0 Å². The molecule has 0 saturated carbocycles. The molecule has 0 bridgehead atoms. The zero-order valence-corrected chi connectivity index (χ0v) is 11.6. The van der Waals surface area contributed by atoms with Gasteiger partial charge in [-0.2, -0.15) is 0 Å². The normalized spacial score (nSPS) is 15.0. The third kappa shape index (κ3) is 2.11. The largest absolute Gasteiger partial charge is 0.357 e. The molecule has 0 unspecified atom stereocenters. The molecule has 0 radical (unpaired) electrons. The minimum Gasteiger partial charge on any atom is -0.357 e. The van der Waals surface area contributed by atoms with Gasteiger partial charge in [-0.25, -0.2) is 9.97 Å². The Hall–Kier alpha value is -2.43. The molecule has 0 N–H and O–H groups in total. The molecule has 3 rings (SSSR count). The Kier molecular flexibility index (Phi) is 3.10. The lowest BCUT2D eigenvalue weighted by Crippen LogP contribution is -2.30. The minimum absolute atomic E-state index is 0.0241. The topological polar surface area (TPSA) is 49.3 Å². The van der Waals surface area contributed by atoms with Gasteiger partial charge in [0.05, 0.1) is 0 Å². The number of anilines is 1. The van der Waals surface area contributed by atoms with E-state index < -0.39 is 0 Å². The standard InChI is InChI=1S/C15H16N4O/c1-18-8-9-19(2)15(20)12-10-16-13(17-14(12)18)11-6-4-3-5-7-11/h3-7,10H,8-9H2,1-2H3. The van der Waals surface area contributed by atoms with Gasteiger partial charge in [0.1, 0.15) is 11.4 Å². The van der Waals surface area contributed by atoms with E-state index in [0.29, 0.717) is 23.8 Å². The number of carbonyl (C=O) groups excluding carboxylic acids is 1. The monoisotopic (exact) mass is 268 g/mol. The van der Waals surface area contributed by atoms with Crippen LogP contribution in [0.2, 0.25) is 0 Å². The molecule has 102 valence electrons. The first kappa shape index (κ1) is 12.6. The quantitative estimate of drug-likeness (QED) is 0.789. The van der Waals surface area contributed by atoms with Gasteiger partial charge in [-0.15, -0.1) is 0 Å². The molecule has 20 heavy (non-hydrogen) atoms. The number of carbonyl (C=O) groups is 1. The van der Waals surface area contributed by atoms with Crippen LogP contribution in [-0.2, 0) is 0 Å². The van der Waals surface area contributed by atoms with Crippen LogP contribution < -0.4 is 4.90 Å². The highest BCUT2D eigenvalue weighted by atomic mass is 16.2. The maximum Gasteiger partial charge on any atom is 0.258 e. The zero-order chi connectivity index (χ0) is 14.1. The summed E-state index contributed by atoms with van der Waals surface area (Å²) in [4.78, 5) is 24.9. The minimum atomic E-state index is -0.0241. The van der Waals surface area contributed by atoms with Crippen LogP contribution in [0.5, 0.6) is 0 Å². The fourth-order valence-electron chi connectivity index (χ4n) is 2.25. The van der Waals surface area contributed by atoms with Crippen LogP contribution in [0.25, 0.3) is 11.4 Å². The summed E-state index contributed by atoms with van der Waals surface area (Å²) in [6.07, 6.45) is 1.63. The van der Waals surface area contributed by atoms with Crippen molar-refractivity contribution >= 4 is 11.7 Å². The first-order valence-corrected chi connectivity index (χ1v) is 6.56. The number of nitrogens with zero attached hydrogens (tertiary/aromatic N) is 4. The van der Waals surface area contributed by atoms with E-state index in [1.807, 2.05) is 42.3 Å². The Morgan fingerprint density at radius 3 is 2.50 bits per heavy atom. The number of amides is 1. The smallest absolute Gasteiger partial charge is 0.258 e. The van der Waals surface area contributed by atoms with Crippen molar-refractivity contribution < 1.29 is 4.79 Å². The first-order valence-electron chi connectivity index (χ1n) is 6.56. The van der Waals surface area contributed by atoms with E-state index in [4.69, 9.17) is 0 Å². The molecular weight excluding hydrogens is 252 g/mol. The lowest BCUT2D eigenvalue weighted by atomic mass is 10.2. The molecular formula is C15H16N4O. The number of hydrogen-bond donors (Lipinski definition) is 0. The summed E-state index contributed by atoms with van der Waals surface area (Å²) in [5.74, 6) is 1.32. The molecule has 5 heteroatoms. The number of fused-ring (bicyclic) bond motifs is 1. The van der Waals surface area contributed by atoms with E-state index >= 15 is 0 Å². The van der Waals surface area contributed by atoms with E-state index in [2.05, 4.69) is 9.97 Å². The van der Waals surface area contributed by atoms with Crippen molar-refractivity contribution in [1.82, 2.24) is 14.9 Å². The molecule has 0 fully saturated rings. The lowest BCUT2D eigenvalue weighted by Gasteiger charge is -2.17. The highest BCUT2D eigenvalue weighted by Gasteiger charge is 2.24. The summed E-state index contributed by atoms with van der Waals surface area (Å²) in [7, 11) is 3.75. The number of rotatable bonds is 1. The SMILES string of the molecule is CN1CCN(C)c2nc(-c3ccccc3)ncc2C1=O. The summed E-state index contributed by atoms with van der Waals surface area (Å²) >= 11 is 0. The highest BCUT2D eigenvalue weighted by Crippen LogP contribution is 2.24. The average molecular weight is 268 g/mol. The van der Waals surface area contributed by atoms with Crippen molar-refractivity contribution in [3.8, 4) is 11.4 Å². The van der Waals surface area contributed by atoms with Crippen molar-refractivity contribution in [2.75, 3.05) is 32.1 Å². The molecule has 1 aliphatic rings. The maximum atomic E-state index is 12.2. The van der Waals surface area contributed by atoms with Gasteiger partial charge in [0.25, 0.3) is 5.91 Å². The zero-order valence-electron chi connectivity index (χ0n) is 11.6. The molecule has 1 aliphatic heterocycles. The van der Waals surface area contributed by atoms with Crippen molar-refractivity contribution in [1.29, 1.82) is 0 Å². The van der Waals surface area contributed by atoms with E-state index in [-0.39, 0.29) is 5.91 Å². The van der Waals surface area contributed by atoms with Gasteiger partial charge >= 0.3 is 0 Å². The van der Waals surface area contributed by atoms with Crippen LogP contribution in [-0.4, -0.2) is 48.0 Å². The molecule has 2 heterocycles. The molecule has 1 aromatic carbocycles. The van der Waals surface area contributed by atoms with Crippen LogP contribution in [0.3, 0.4) is 0 Å². The van der Waals surface area contributed by atoms with Crippen LogP contribution in [0.4, 0.5) is 5.82 Å². The fourth-order valence-corrected chi connectivity index (χ4v) is 2.25. The summed E-state index contributed by atoms with van der Waals surface area (Å²) in [5, 5.41) is 0. The second-order valence-corrected chi connectivity index (χ2v) is 4.95. The molecule has 1 amide bonds. The third-order valence-corrected chi connectivity index (χ3v) is 3.51. The molecule has 0 atom stereocenters. The summed E-state index contributed by atoms with van der Waals surface area (Å²) in [6, 6.07) is 9.79. The number of hydrogen-bond acceptors (Lipinski definition) is 4. The van der Waals surface area contributed by atoms with Gasteiger partial charge in [-0.1, -0.05) is 30.3 Å². The van der Waals surface area contributed by atoms with Gasteiger partial charge in [0, 0.05) is 38.9 Å². The average Bonchev–Trinajstić information content (AvgIpc) is 2.61. The number of aromatic nitrogens is 2. The van der Waals surface area contributed by atoms with Crippen LogP contribution in [0.15, 0.2) is 36.5 Å². The molecule has 2 aromatic rings. The third-order valence-electron chi connectivity index (χ3n) is 3.51.